The second-order valence-corrected chi connectivity index (χ2v) is 8.20. The van der Waals surface area contributed by atoms with Crippen molar-refractivity contribution < 1.29 is 13.9 Å². The summed E-state index contributed by atoms with van der Waals surface area (Å²) in [4.78, 5) is 19.8. The average Bonchev–Trinajstić information content (AvgIpc) is 3.09. The van der Waals surface area contributed by atoms with Crippen molar-refractivity contribution >= 4 is 17.4 Å². The van der Waals surface area contributed by atoms with E-state index in [2.05, 4.69) is 15.3 Å². The van der Waals surface area contributed by atoms with Gasteiger partial charge in [0.05, 0.1) is 17.8 Å². The van der Waals surface area contributed by atoms with Crippen LogP contribution in [0.25, 0.3) is 5.65 Å². The summed E-state index contributed by atoms with van der Waals surface area (Å²) in [6.45, 7) is 3.00. The van der Waals surface area contributed by atoms with Gasteiger partial charge >= 0.3 is 0 Å². The number of rotatable bonds is 0. The van der Waals surface area contributed by atoms with Crippen LogP contribution in [0.15, 0.2) is 36.7 Å². The molecular formula is C21H20FN5O2. The number of anilines is 1. The van der Waals surface area contributed by atoms with Gasteiger partial charge in [0.1, 0.15) is 29.6 Å². The molecule has 1 N–H and O–H groups in total. The number of amides is 1. The average molecular weight is 393 g/mol. The van der Waals surface area contributed by atoms with Gasteiger partial charge in [0.2, 0.25) is 0 Å². The zero-order chi connectivity index (χ0) is 19.8. The minimum Gasteiger partial charge on any atom is -0.491 e. The topological polar surface area (TPSA) is 71.8 Å². The number of benzene rings is 1. The molecule has 2 aliphatic heterocycles. The van der Waals surface area contributed by atoms with Crippen molar-refractivity contribution in [2.45, 2.75) is 31.3 Å². The van der Waals surface area contributed by atoms with Gasteiger partial charge in [-0.3, -0.25) is 4.79 Å². The Morgan fingerprint density at radius 3 is 3.10 bits per heavy atom. The number of nitrogens with zero attached hydrogens (tertiary/aromatic N) is 4. The van der Waals surface area contributed by atoms with E-state index in [1.54, 1.807) is 22.8 Å². The van der Waals surface area contributed by atoms with Crippen molar-refractivity contribution in [3.05, 3.63) is 53.6 Å². The largest absolute Gasteiger partial charge is 0.491 e. The summed E-state index contributed by atoms with van der Waals surface area (Å²) in [5, 5.41) is 7.20. The molecule has 6 rings (SSSR count). The van der Waals surface area contributed by atoms with Crippen molar-refractivity contribution in [1.29, 1.82) is 0 Å². The fourth-order valence-corrected chi connectivity index (χ4v) is 4.96. The molecule has 1 saturated heterocycles. The first-order valence-corrected chi connectivity index (χ1v) is 9.92. The van der Waals surface area contributed by atoms with E-state index in [4.69, 9.17) is 9.72 Å². The number of nitrogens with one attached hydrogen (secondary N) is 1. The van der Waals surface area contributed by atoms with Crippen LogP contribution in [0.4, 0.5) is 10.2 Å². The maximum absolute atomic E-state index is 14.3. The number of carbonyl (C=O) groups excluding carboxylic acids is 1. The summed E-state index contributed by atoms with van der Waals surface area (Å²) in [6.07, 6.45) is 5.33. The van der Waals surface area contributed by atoms with Crippen molar-refractivity contribution in [3.63, 3.8) is 0 Å². The number of hydrogen-bond donors (Lipinski definition) is 1. The Morgan fingerprint density at radius 1 is 1.34 bits per heavy atom. The highest BCUT2D eigenvalue weighted by Gasteiger charge is 2.64. The van der Waals surface area contributed by atoms with Crippen LogP contribution in [-0.4, -0.2) is 39.7 Å². The van der Waals surface area contributed by atoms with Gasteiger partial charge in [0.15, 0.2) is 5.65 Å². The molecule has 2 aromatic heterocycles. The van der Waals surface area contributed by atoms with Gasteiger partial charge in [-0.05, 0) is 49.9 Å². The number of carbonyl (C=O) groups is 1. The van der Waals surface area contributed by atoms with Crippen LogP contribution in [0.1, 0.15) is 35.7 Å². The Morgan fingerprint density at radius 2 is 2.24 bits per heavy atom. The van der Waals surface area contributed by atoms with Gasteiger partial charge in [-0.2, -0.15) is 5.10 Å². The first-order chi connectivity index (χ1) is 14.1. The molecule has 1 aliphatic carbocycles. The van der Waals surface area contributed by atoms with E-state index in [0.717, 1.165) is 30.8 Å². The number of fused-ring (bicyclic) bond motifs is 3. The quantitative estimate of drug-likeness (QED) is 0.636. The zero-order valence-electron chi connectivity index (χ0n) is 15.9. The van der Waals surface area contributed by atoms with Crippen LogP contribution in [0.5, 0.6) is 5.75 Å². The summed E-state index contributed by atoms with van der Waals surface area (Å²) in [5.74, 6) is 1.38. The zero-order valence-corrected chi connectivity index (χ0v) is 15.9. The summed E-state index contributed by atoms with van der Waals surface area (Å²) < 4.78 is 21.9. The number of piperidine rings is 1. The van der Waals surface area contributed by atoms with Crippen molar-refractivity contribution in [2.24, 2.45) is 5.92 Å². The molecule has 3 atom stereocenters. The minimum absolute atomic E-state index is 0.230. The van der Waals surface area contributed by atoms with Crippen LogP contribution >= 0.6 is 0 Å². The third-order valence-electron chi connectivity index (χ3n) is 6.41. The molecule has 1 spiro atoms. The second-order valence-electron chi connectivity index (χ2n) is 8.20. The summed E-state index contributed by atoms with van der Waals surface area (Å²) in [5.41, 5.74) is 1.51. The molecule has 3 aromatic rings. The highest BCUT2D eigenvalue weighted by Crippen LogP contribution is 2.64. The predicted molar refractivity (Wildman–Crippen MR) is 104 cm³/mol. The summed E-state index contributed by atoms with van der Waals surface area (Å²) in [6, 6.07) is 6.40. The van der Waals surface area contributed by atoms with Gasteiger partial charge in [0.25, 0.3) is 5.91 Å². The van der Waals surface area contributed by atoms with E-state index in [-0.39, 0.29) is 23.3 Å². The molecule has 0 unspecified atom stereocenters. The lowest BCUT2D eigenvalue weighted by molar-refractivity contribution is 0.0928. The fourth-order valence-electron chi connectivity index (χ4n) is 4.96. The number of ether oxygens (including phenoxy) is 1. The summed E-state index contributed by atoms with van der Waals surface area (Å²) >= 11 is 0. The first kappa shape index (κ1) is 16.8. The van der Waals surface area contributed by atoms with E-state index in [9.17, 15) is 9.18 Å². The van der Waals surface area contributed by atoms with E-state index >= 15 is 0 Å². The lowest BCUT2D eigenvalue weighted by atomic mass is 10.0. The second kappa shape index (κ2) is 5.68. The highest BCUT2D eigenvalue weighted by atomic mass is 19.1. The molecular weight excluding hydrogens is 373 g/mol. The molecule has 148 valence electrons. The van der Waals surface area contributed by atoms with Crippen LogP contribution in [0.3, 0.4) is 0 Å². The molecule has 2 fully saturated rings. The smallest absolute Gasteiger partial charge is 0.257 e. The van der Waals surface area contributed by atoms with Crippen LogP contribution in [0.2, 0.25) is 0 Å². The third kappa shape index (κ3) is 2.31. The molecule has 0 radical (unpaired) electrons. The Labute approximate surface area is 166 Å². The van der Waals surface area contributed by atoms with Gasteiger partial charge < -0.3 is 15.0 Å². The van der Waals surface area contributed by atoms with E-state index < -0.39 is 0 Å². The highest BCUT2D eigenvalue weighted by molar-refractivity contribution is 6.00. The SMILES string of the molecule is C[C@H]1COc2ccc(F)cc2[C@@]23C[C@@H]2CCN3c2ccn3ncc(c3n2)C(=O)N1. The van der Waals surface area contributed by atoms with E-state index in [1.807, 2.05) is 19.2 Å². The minimum atomic E-state index is -0.308. The van der Waals surface area contributed by atoms with Gasteiger partial charge in [-0.25, -0.2) is 13.9 Å². The van der Waals surface area contributed by atoms with E-state index in [0.29, 0.717) is 29.5 Å². The normalized spacial score (nSPS) is 27.8. The predicted octanol–water partition coefficient (Wildman–Crippen LogP) is 2.50. The van der Waals surface area contributed by atoms with Crippen LogP contribution in [0, 0.1) is 11.7 Å². The maximum atomic E-state index is 14.3. The molecule has 1 saturated carbocycles. The maximum Gasteiger partial charge on any atom is 0.257 e. The lowest BCUT2D eigenvalue weighted by Gasteiger charge is -2.31. The van der Waals surface area contributed by atoms with Crippen molar-refractivity contribution in [2.75, 3.05) is 18.1 Å². The Balaban J connectivity index is 1.57. The molecule has 1 amide bonds. The molecule has 3 aliphatic rings. The van der Waals surface area contributed by atoms with Crippen molar-refractivity contribution in [1.82, 2.24) is 19.9 Å². The lowest BCUT2D eigenvalue weighted by Crippen LogP contribution is -2.37. The third-order valence-corrected chi connectivity index (χ3v) is 6.41. The molecule has 7 nitrogen and oxygen atoms in total. The van der Waals surface area contributed by atoms with E-state index in [1.165, 1.54) is 6.07 Å². The molecule has 8 heteroatoms. The first-order valence-electron chi connectivity index (χ1n) is 9.92. The fraction of sp³-hybridized carbons (Fsp3) is 0.381. The number of aromatic nitrogens is 3. The molecule has 4 heterocycles. The standard InChI is InChI=1S/C21H20FN5O2/c1-12-11-29-17-3-2-14(22)8-16(17)21-9-13(21)4-6-26(21)18-5-7-27-19(25-18)15(10-23-27)20(28)24-12/h2-3,5,7-8,10,12-13H,4,6,9,11H2,1H3,(H,24,28)/t12-,13-,21+/m0/s1. The molecule has 29 heavy (non-hydrogen) atoms. The van der Waals surface area contributed by atoms with Gasteiger partial charge in [0, 0.05) is 18.3 Å². The molecule has 2 bridgehead atoms. The Hall–Kier alpha value is -3.16. The van der Waals surface area contributed by atoms with Crippen LogP contribution in [-0.2, 0) is 5.54 Å². The Kier molecular flexibility index (Phi) is 3.29. The van der Waals surface area contributed by atoms with Gasteiger partial charge in [-0.15, -0.1) is 0 Å². The summed E-state index contributed by atoms with van der Waals surface area (Å²) in [7, 11) is 0. The monoisotopic (exact) mass is 393 g/mol. The van der Waals surface area contributed by atoms with Crippen LogP contribution < -0.4 is 15.0 Å². The number of hydrogen-bond acceptors (Lipinski definition) is 5. The van der Waals surface area contributed by atoms with Gasteiger partial charge in [-0.1, -0.05) is 0 Å². The number of halogens is 1. The Bertz CT molecular complexity index is 1160. The van der Waals surface area contributed by atoms with Crippen molar-refractivity contribution in [3.8, 4) is 5.75 Å². The molecule has 1 aromatic carbocycles.